The fourth-order valence-electron chi connectivity index (χ4n) is 1.35. The number of pyridine rings is 1. The van der Waals surface area contributed by atoms with Crippen LogP contribution in [0.2, 0.25) is 0 Å². The highest BCUT2D eigenvalue weighted by Gasteiger charge is 2.17. The van der Waals surface area contributed by atoms with Crippen molar-refractivity contribution in [2.45, 2.75) is 10.8 Å². The standard InChI is InChI=1S/C11H11N3O2S3/c12-11(17)9-1-2-10(18-9)19(15,16)14-7-8-3-5-13-6-4-8/h1-6,14H,7H2,(H2,12,17). The van der Waals surface area contributed by atoms with E-state index in [0.29, 0.717) is 4.88 Å². The molecule has 5 nitrogen and oxygen atoms in total. The summed E-state index contributed by atoms with van der Waals surface area (Å²) in [4.78, 5) is 4.64. The smallest absolute Gasteiger partial charge is 0.250 e. The van der Waals surface area contributed by atoms with Gasteiger partial charge in [0.05, 0.1) is 4.88 Å². The van der Waals surface area contributed by atoms with E-state index in [2.05, 4.69) is 9.71 Å². The van der Waals surface area contributed by atoms with Gasteiger partial charge in [0, 0.05) is 18.9 Å². The van der Waals surface area contributed by atoms with Crippen LogP contribution < -0.4 is 10.5 Å². The Labute approximate surface area is 120 Å². The molecule has 0 bridgehead atoms. The summed E-state index contributed by atoms with van der Waals surface area (Å²) >= 11 is 5.86. The predicted octanol–water partition coefficient (Wildman–Crippen LogP) is 1.26. The molecule has 0 spiro atoms. The molecule has 0 amide bonds. The lowest BCUT2D eigenvalue weighted by molar-refractivity contribution is 0.583. The molecule has 8 heteroatoms. The quantitative estimate of drug-likeness (QED) is 0.812. The molecule has 3 N–H and O–H groups in total. The largest absolute Gasteiger partial charge is 0.389 e. The maximum absolute atomic E-state index is 12.0. The van der Waals surface area contributed by atoms with Gasteiger partial charge in [0.1, 0.15) is 9.20 Å². The number of rotatable bonds is 5. The zero-order valence-electron chi connectivity index (χ0n) is 9.74. The summed E-state index contributed by atoms with van der Waals surface area (Å²) in [6.07, 6.45) is 3.22. The number of hydrogen-bond donors (Lipinski definition) is 2. The third-order valence-electron chi connectivity index (χ3n) is 2.30. The van der Waals surface area contributed by atoms with E-state index in [-0.39, 0.29) is 15.7 Å². The number of hydrogen-bond acceptors (Lipinski definition) is 5. The zero-order valence-corrected chi connectivity index (χ0v) is 12.2. The molecule has 0 saturated heterocycles. The van der Waals surface area contributed by atoms with E-state index in [1.807, 2.05) is 0 Å². The zero-order chi connectivity index (χ0) is 13.9. The molecule has 19 heavy (non-hydrogen) atoms. The van der Waals surface area contributed by atoms with Gasteiger partial charge in [-0.2, -0.15) is 0 Å². The fraction of sp³-hybridized carbons (Fsp3) is 0.0909. The molecule has 0 aliphatic heterocycles. The highest BCUT2D eigenvalue weighted by molar-refractivity contribution is 7.91. The van der Waals surface area contributed by atoms with E-state index in [4.69, 9.17) is 18.0 Å². The maximum atomic E-state index is 12.0. The van der Waals surface area contributed by atoms with Gasteiger partial charge in [-0.25, -0.2) is 13.1 Å². The summed E-state index contributed by atoms with van der Waals surface area (Å²) < 4.78 is 26.8. The monoisotopic (exact) mass is 313 g/mol. The minimum Gasteiger partial charge on any atom is -0.389 e. The summed E-state index contributed by atoms with van der Waals surface area (Å²) in [5, 5.41) is 0. The summed E-state index contributed by atoms with van der Waals surface area (Å²) in [5.74, 6) is 0. The number of thiocarbonyl (C=S) groups is 1. The van der Waals surface area contributed by atoms with Gasteiger partial charge in [-0.3, -0.25) is 4.98 Å². The van der Waals surface area contributed by atoms with Crippen LogP contribution >= 0.6 is 23.6 Å². The molecule has 0 aliphatic rings. The molecule has 0 saturated carbocycles. The maximum Gasteiger partial charge on any atom is 0.250 e. The minimum absolute atomic E-state index is 0.195. The first-order valence-corrected chi connectivity index (χ1v) is 7.98. The molecule has 0 unspecified atom stereocenters. The van der Waals surface area contributed by atoms with Gasteiger partial charge in [-0.05, 0) is 29.8 Å². The summed E-state index contributed by atoms with van der Waals surface area (Å²) in [6, 6.07) is 6.59. The second kappa shape index (κ2) is 5.74. The van der Waals surface area contributed by atoms with Crippen LogP contribution in [0.4, 0.5) is 0 Å². The van der Waals surface area contributed by atoms with Crippen molar-refractivity contribution >= 4 is 38.6 Å². The van der Waals surface area contributed by atoms with E-state index >= 15 is 0 Å². The Kier molecular flexibility index (Phi) is 4.25. The van der Waals surface area contributed by atoms with Crippen LogP contribution in [0, 0.1) is 0 Å². The van der Waals surface area contributed by atoms with Crippen molar-refractivity contribution in [3.8, 4) is 0 Å². The van der Waals surface area contributed by atoms with Crippen molar-refractivity contribution in [3.63, 3.8) is 0 Å². The Balaban J connectivity index is 2.12. The van der Waals surface area contributed by atoms with Gasteiger partial charge in [0.25, 0.3) is 0 Å². The van der Waals surface area contributed by atoms with Crippen molar-refractivity contribution in [1.82, 2.24) is 9.71 Å². The highest BCUT2D eigenvalue weighted by Crippen LogP contribution is 2.21. The average Bonchev–Trinajstić information content (AvgIpc) is 2.88. The van der Waals surface area contributed by atoms with Crippen molar-refractivity contribution in [1.29, 1.82) is 0 Å². The molecule has 100 valence electrons. The van der Waals surface area contributed by atoms with Crippen molar-refractivity contribution in [3.05, 3.63) is 47.1 Å². The van der Waals surface area contributed by atoms with Crippen molar-refractivity contribution in [2.75, 3.05) is 0 Å². The van der Waals surface area contributed by atoms with E-state index in [9.17, 15) is 8.42 Å². The molecule has 0 aromatic carbocycles. The first kappa shape index (κ1) is 14.1. The number of nitrogens with zero attached hydrogens (tertiary/aromatic N) is 1. The minimum atomic E-state index is -3.54. The number of nitrogens with two attached hydrogens (primary N) is 1. The molecular weight excluding hydrogens is 302 g/mol. The third kappa shape index (κ3) is 3.57. The van der Waals surface area contributed by atoms with Crippen LogP contribution in [0.25, 0.3) is 0 Å². The number of aromatic nitrogens is 1. The van der Waals surface area contributed by atoms with Crippen molar-refractivity contribution < 1.29 is 8.42 Å². The Morgan fingerprint density at radius 1 is 1.32 bits per heavy atom. The van der Waals surface area contributed by atoms with E-state index < -0.39 is 10.0 Å². The molecule has 2 rings (SSSR count). The van der Waals surface area contributed by atoms with Gasteiger partial charge in [-0.15, -0.1) is 11.3 Å². The number of nitrogens with one attached hydrogen (secondary N) is 1. The van der Waals surface area contributed by atoms with E-state index in [1.165, 1.54) is 6.07 Å². The Morgan fingerprint density at radius 3 is 2.58 bits per heavy atom. The van der Waals surface area contributed by atoms with Crippen LogP contribution in [0.1, 0.15) is 10.4 Å². The van der Waals surface area contributed by atoms with Gasteiger partial charge in [0.15, 0.2) is 0 Å². The van der Waals surface area contributed by atoms with Crippen LogP contribution in [0.5, 0.6) is 0 Å². The lowest BCUT2D eigenvalue weighted by atomic mass is 10.3. The predicted molar refractivity (Wildman–Crippen MR) is 78.5 cm³/mol. The summed E-state index contributed by atoms with van der Waals surface area (Å²) in [7, 11) is -3.54. The molecular formula is C11H11N3O2S3. The van der Waals surface area contributed by atoms with Crippen molar-refractivity contribution in [2.24, 2.45) is 5.73 Å². The van der Waals surface area contributed by atoms with Crippen LogP contribution in [-0.4, -0.2) is 18.4 Å². The normalized spacial score (nSPS) is 11.4. The Hall–Kier alpha value is -1.35. The van der Waals surface area contributed by atoms with E-state index in [1.54, 1.807) is 30.6 Å². The van der Waals surface area contributed by atoms with Crippen LogP contribution in [0.15, 0.2) is 40.9 Å². The topological polar surface area (TPSA) is 85.1 Å². The Bertz CT molecular complexity index is 680. The third-order valence-corrected chi connectivity index (χ3v) is 5.67. The lowest BCUT2D eigenvalue weighted by Gasteiger charge is -2.04. The molecule has 2 aromatic rings. The Morgan fingerprint density at radius 2 is 2.00 bits per heavy atom. The SMILES string of the molecule is NC(=S)c1ccc(S(=O)(=O)NCc2ccncc2)s1. The summed E-state index contributed by atoms with van der Waals surface area (Å²) in [6.45, 7) is 0.213. The first-order valence-electron chi connectivity index (χ1n) is 5.27. The van der Waals surface area contributed by atoms with Gasteiger partial charge in [0.2, 0.25) is 10.0 Å². The molecule has 0 atom stereocenters. The van der Waals surface area contributed by atoms with Gasteiger partial charge >= 0.3 is 0 Å². The first-order chi connectivity index (χ1) is 8.99. The van der Waals surface area contributed by atoms with E-state index in [0.717, 1.165) is 16.9 Å². The molecule has 2 aromatic heterocycles. The van der Waals surface area contributed by atoms with Gasteiger partial charge < -0.3 is 5.73 Å². The van der Waals surface area contributed by atoms with Crippen LogP contribution in [-0.2, 0) is 16.6 Å². The second-order valence-corrected chi connectivity index (χ2v) is 7.18. The fourth-order valence-corrected chi connectivity index (χ4v) is 3.76. The molecule has 0 radical (unpaired) electrons. The molecule has 0 fully saturated rings. The summed E-state index contributed by atoms with van der Waals surface area (Å²) in [5.41, 5.74) is 6.29. The second-order valence-electron chi connectivity index (χ2n) is 3.66. The molecule has 2 heterocycles. The average molecular weight is 313 g/mol. The number of thiophene rings is 1. The lowest BCUT2D eigenvalue weighted by Crippen LogP contribution is -2.22. The van der Waals surface area contributed by atoms with Gasteiger partial charge in [-0.1, -0.05) is 12.2 Å². The number of sulfonamides is 1. The molecule has 0 aliphatic carbocycles. The van der Waals surface area contributed by atoms with Crippen LogP contribution in [0.3, 0.4) is 0 Å². The highest BCUT2D eigenvalue weighted by atomic mass is 32.2.